The van der Waals surface area contributed by atoms with Crippen molar-refractivity contribution in [1.82, 2.24) is 10.2 Å². The summed E-state index contributed by atoms with van der Waals surface area (Å²) < 4.78 is 0. The minimum Gasteiger partial charge on any atom is -0.480 e. The van der Waals surface area contributed by atoms with Gasteiger partial charge in [-0.3, -0.25) is 14.5 Å². The minimum absolute atomic E-state index is 0.0814. The molecule has 0 aromatic carbocycles. The molecule has 0 fully saturated rings. The number of nitrogens with one attached hydrogen (secondary N) is 1. The third-order valence-corrected chi connectivity index (χ3v) is 1.60. The summed E-state index contributed by atoms with van der Waals surface area (Å²) in [6.45, 7) is -0.0118. The fourth-order valence-electron chi connectivity index (χ4n) is 1.00. The van der Waals surface area contributed by atoms with Crippen LogP contribution >= 0.6 is 0 Å². The summed E-state index contributed by atoms with van der Waals surface area (Å²) in [5.41, 5.74) is 0. The number of hydrogen-bond donors (Lipinski definition) is 2. The molecule has 0 aliphatic heterocycles. The van der Waals surface area contributed by atoms with E-state index in [-0.39, 0.29) is 38.5 Å². The Morgan fingerprint density at radius 3 is 2.62 bits per heavy atom. The average molecular weight is 223 g/mol. The number of carboxylic acids is 1. The summed E-state index contributed by atoms with van der Waals surface area (Å²) in [4.78, 5) is 23.0. The van der Waals surface area contributed by atoms with Crippen molar-refractivity contribution < 1.29 is 14.7 Å². The highest BCUT2D eigenvalue weighted by Crippen LogP contribution is 1.87. The van der Waals surface area contributed by atoms with Gasteiger partial charge in [-0.1, -0.05) is 5.92 Å². The maximum absolute atomic E-state index is 11.3. The highest BCUT2D eigenvalue weighted by Gasteiger charge is 2.12. The van der Waals surface area contributed by atoms with Gasteiger partial charge < -0.3 is 10.4 Å². The first kappa shape index (κ1) is 13.9. The van der Waals surface area contributed by atoms with Crippen LogP contribution in [0.2, 0.25) is 0 Å². The van der Waals surface area contributed by atoms with E-state index in [2.05, 4.69) is 11.2 Å². The van der Waals surface area contributed by atoms with Crippen LogP contribution < -0.4 is 5.32 Å². The standard InChI is InChI=1S/C10H13N3O3/c1-2-6-13(8-10(15)16)7-9(14)12-5-3-4-11/h1H,3,5-8H2,(H,12,14)(H,15,16). The molecule has 0 aromatic rings. The van der Waals surface area contributed by atoms with Crippen molar-refractivity contribution >= 4 is 11.9 Å². The summed E-state index contributed by atoms with van der Waals surface area (Å²) in [5, 5.41) is 19.3. The van der Waals surface area contributed by atoms with Gasteiger partial charge in [0.1, 0.15) is 0 Å². The lowest BCUT2D eigenvalue weighted by atomic mass is 10.4. The Kier molecular flexibility index (Phi) is 7.21. The summed E-state index contributed by atoms with van der Waals surface area (Å²) in [6.07, 6.45) is 5.27. The molecule has 0 radical (unpaired) electrons. The molecule has 0 spiro atoms. The topological polar surface area (TPSA) is 93.4 Å². The van der Waals surface area contributed by atoms with Gasteiger partial charge in [0.25, 0.3) is 0 Å². The summed E-state index contributed by atoms with van der Waals surface area (Å²) in [6, 6.07) is 1.88. The van der Waals surface area contributed by atoms with Gasteiger partial charge >= 0.3 is 5.97 Å². The third kappa shape index (κ3) is 7.36. The van der Waals surface area contributed by atoms with E-state index >= 15 is 0 Å². The van der Waals surface area contributed by atoms with Gasteiger partial charge in [0, 0.05) is 6.54 Å². The zero-order valence-electron chi connectivity index (χ0n) is 8.77. The van der Waals surface area contributed by atoms with Crippen LogP contribution in [0.15, 0.2) is 0 Å². The van der Waals surface area contributed by atoms with Crippen LogP contribution in [0.4, 0.5) is 0 Å². The van der Waals surface area contributed by atoms with E-state index in [1.54, 1.807) is 0 Å². The first-order chi connectivity index (χ1) is 7.60. The van der Waals surface area contributed by atoms with Crippen LogP contribution in [-0.2, 0) is 9.59 Å². The highest BCUT2D eigenvalue weighted by atomic mass is 16.4. The lowest BCUT2D eigenvalue weighted by Crippen LogP contribution is -2.40. The molecule has 0 atom stereocenters. The molecule has 0 aliphatic carbocycles. The van der Waals surface area contributed by atoms with Crippen molar-refractivity contribution in [2.24, 2.45) is 0 Å². The number of nitrogens with zero attached hydrogens (tertiary/aromatic N) is 2. The van der Waals surface area contributed by atoms with E-state index in [1.807, 2.05) is 6.07 Å². The first-order valence-electron chi connectivity index (χ1n) is 4.61. The Hall–Kier alpha value is -2.05. The second-order valence-electron chi connectivity index (χ2n) is 3.00. The van der Waals surface area contributed by atoms with Gasteiger partial charge in [-0.05, 0) is 0 Å². The number of rotatable bonds is 7. The number of carbonyl (C=O) groups is 2. The molecule has 6 heteroatoms. The molecule has 86 valence electrons. The van der Waals surface area contributed by atoms with E-state index in [9.17, 15) is 9.59 Å². The van der Waals surface area contributed by atoms with Crippen LogP contribution in [-0.4, -0.2) is 48.1 Å². The smallest absolute Gasteiger partial charge is 0.317 e. The number of carbonyl (C=O) groups excluding carboxylic acids is 1. The molecule has 0 saturated carbocycles. The second kappa shape index (κ2) is 8.27. The largest absolute Gasteiger partial charge is 0.480 e. The van der Waals surface area contributed by atoms with Gasteiger partial charge in [0.2, 0.25) is 5.91 Å². The van der Waals surface area contributed by atoms with Crippen LogP contribution in [0.25, 0.3) is 0 Å². The van der Waals surface area contributed by atoms with E-state index in [4.69, 9.17) is 16.8 Å². The molecular formula is C10H13N3O3. The normalized spacial score (nSPS) is 9.19. The number of hydrogen-bond acceptors (Lipinski definition) is 4. The van der Waals surface area contributed by atoms with Crippen LogP contribution in [0.5, 0.6) is 0 Å². The first-order valence-corrected chi connectivity index (χ1v) is 4.61. The minimum atomic E-state index is -1.04. The summed E-state index contributed by atoms with van der Waals surface area (Å²) in [7, 11) is 0. The van der Waals surface area contributed by atoms with E-state index in [1.165, 1.54) is 4.90 Å². The number of carboxylic acid groups (broad SMARTS) is 1. The number of terminal acetylenes is 1. The Labute approximate surface area is 93.8 Å². The van der Waals surface area contributed by atoms with Crippen LogP contribution in [0.1, 0.15) is 6.42 Å². The number of amides is 1. The monoisotopic (exact) mass is 223 g/mol. The number of nitriles is 1. The lowest BCUT2D eigenvalue weighted by Gasteiger charge is -2.16. The van der Waals surface area contributed by atoms with Gasteiger partial charge in [0.05, 0.1) is 32.1 Å². The molecule has 6 nitrogen and oxygen atoms in total. The zero-order chi connectivity index (χ0) is 12.4. The van der Waals surface area contributed by atoms with Gasteiger partial charge in [-0.2, -0.15) is 5.26 Å². The molecule has 0 aromatic heterocycles. The molecule has 0 rings (SSSR count). The van der Waals surface area contributed by atoms with Crippen molar-refractivity contribution in [3.05, 3.63) is 0 Å². The van der Waals surface area contributed by atoms with E-state index < -0.39 is 5.97 Å². The van der Waals surface area contributed by atoms with Gasteiger partial charge in [0.15, 0.2) is 0 Å². The fourth-order valence-corrected chi connectivity index (χ4v) is 1.00. The third-order valence-electron chi connectivity index (χ3n) is 1.60. The van der Waals surface area contributed by atoms with Crippen molar-refractivity contribution in [1.29, 1.82) is 5.26 Å². The summed E-state index contributed by atoms with van der Waals surface area (Å²) >= 11 is 0. The maximum Gasteiger partial charge on any atom is 0.317 e. The van der Waals surface area contributed by atoms with Gasteiger partial charge in [-0.15, -0.1) is 6.42 Å². The number of aliphatic carboxylic acids is 1. The Balaban J connectivity index is 3.99. The van der Waals surface area contributed by atoms with Crippen molar-refractivity contribution in [3.8, 4) is 18.4 Å². The average Bonchev–Trinajstić information content (AvgIpc) is 2.17. The Bertz CT molecular complexity index is 327. The van der Waals surface area contributed by atoms with Crippen molar-refractivity contribution in [3.63, 3.8) is 0 Å². The molecule has 0 saturated heterocycles. The van der Waals surface area contributed by atoms with Crippen molar-refractivity contribution in [2.75, 3.05) is 26.2 Å². The Morgan fingerprint density at radius 1 is 1.44 bits per heavy atom. The molecule has 16 heavy (non-hydrogen) atoms. The Morgan fingerprint density at radius 2 is 2.12 bits per heavy atom. The van der Waals surface area contributed by atoms with Crippen molar-refractivity contribution in [2.45, 2.75) is 6.42 Å². The molecule has 0 heterocycles. The zero-order valence-corrected chi connectivity index (χ0v) is 8.77. The predicted octanol–water partition coefficient (Wildman–Crippen LogP) is -0.964. The lowest BCUT2D eigenvalue weighted by molar-refractivity contribution is -0.138. The molecule has 2 N–H and O–H groups in total. The van der Waals surface area contributed by atoms with Crippen LogP contribution in [0.3, 0.4) is 0 Å². The molecular weight excluding hydrogens is 210 g/mol. The second-order valence-corrected chi connectivity index (χ2v) is 3.00. The fraction of sp³-hybridized carbons (Fsp3) is 0.500. The maximum atomic E-state index is 11.3. The predicted molar refractivity (Wildman–Crippen MR) is 56.1 cm³/mol. The highest BCUT2D eigenvalue weighted by molar-refractivity contribution is 5.79. The quantitative estimate of drug-likeness (QED) is 0.428. The molecule has 0 bridgehead atoms. The molecule has 1 amide bonds. The molecule has 0 unspecified atom stereocenters. The molecule has 0 aliphatic rings. The van der Waals surface area contributed by atoms with Crippen LogP contribution in [0, 0.1) is 23.7 Å². The SMILES string of the molecule is C#CCN(CC(=O)O)CC(=O)NCCC#N. The summed E-state index contributed by atoms with van der Waals surface area (Å²) in [5.74, 6) is 0.893. The van der Waals surface area contributed by atoms with E-state index in [0.29, 0.717) is 0 Å². The van der Waals surface area contributed by atoms with Gasteiger partial charge in [-0.25, -0.2) is 0 Å². The van der Waals surface area contributed by atoms with E-state index in [0.717, 1.165) is 0 Å².